The number of aromatic amines is 1. The number of imidazole rings is 1. The molecule has 164 valence electrons. The molecule has 10 heteroatoms. The summed E-state index contributed by atoms with van der Waals surface area (Å²) in [6.07, 6.45) is 3.64. The van der Waals surface area contributed by atoms with E-state index in [-0.39, 0.29) is 16.5 Å². The molecule has 4 rings (SSSR count). The Hall–Kier alpha value is -3.43. The number of carboxylic acids is 1. The number of aromatic nitrogens is 2. The summed E-state index contributed by atoms with van der Waals surface area (Å²) in [6.45, 7) is 1.88. The lowest BCUT2D eigenvalue weighted by Crippen LogP contribution is -2.24. The number of rotatable bonds is 8. The van der Waals surface area contributed by atoms with Gasteiger partial charge in [0.2, 0.25) is 5.91 Å². The molecule has 4 aromatic rings. The highest BCUT2D eigenvalue weighted by atomic mass is 35.5. The van der Waals surface area contributed by atoms with Crippen molar-refractivity contribution in [2.75, 3.05) is 5.32 Å². The molecule has 8 nitrogen and oxygen atoms in total. The van der Waals surface area contributed by atoms with Gasteiger partial charge in [0.1, 0.15) is 11.4 Å². The van der Waals surface area contributed by atoms with Crippen molar-refractivity contribution in [3.63, 3.8) is 0 Å². The molecule has 0 radical (unpaired) electrons. The number of carbonyl (C=O) groups is 2. The first-order chi connectivity index (χ1) is 15.5. The molecular weight excluding hydrogens is 454 g/mol. The predicted molar refractivity (Wildman–Crippen MR) is 121 cm³/mol. The molecule has 0 aliphatic rings. The van der Waals surface area contributed by atoms with Gasteiger partial charge in [-0.15, -0.1) is 0 Å². The SMILES string of the molecule is CCC(Sc1nc(-c2ccco2)c(-c2ccco2)[nH]1)C(=O)Nc1ccc(Cl)c(C(=O)O)c1. The van der Waals surface area contributed by atoms with E-state index in [1.54, 1.807) is 42.9 Å². The van der Waals surface area contributed by atoms with Crippen LogP contribution in [0.3, 0.4) is 0 Å². The minimum absolute atomic E-state index is 0.0811. The first-order valence-corrected chi connectivity index (χ1v) is 10.9. The standard InChI is InChI=1S/C22H18ClN3O5S/c1-2-17(20(27)24-12-7-8-14(23)13(11-12)21(28)29)32-22-25-18(15-5-3-9-30-15)19(26-22)16-6-4-10-31-16/h3-11,17H,2H2,1H3,(H,24,27)(H,25,26)(H,28,29). The van der Waals surface area contributed by atoms with Gasteiger partial charge in [-0.2, -0.15) is 0 Å². The summed E-state index contributed by atoms with van der Waals surface area (Å²) >= 11 is 7.16. The number of nitrogens with zero attached hydrogens (tertiary/aromatic N) is 1. The van der Waals surface area contributed by atoms with Crippen molar-refractivity contribution in [3.05, 3.63) is 65.6 Å². The van der Waals surface area contributed by atoms with Gasteiger partial charge in [0.25, 0.3) is 0 Å². The number of thioether (sulfide) groups is 1. The monoisotopic (exact) mass is 471 g/mol. The molecule has 0 aliphatic carbocycles. The third kappa shape index (κ3) is 4.58. The number of anilines is 1. The van der Waals surface area contributed by atoms with Gasteiger partial charge in [0.05, 0.1) is 28.4 Å². The quantitative estimate of drug-likeness (QED) is 0.278. The second-order valence-electron chi connectivity index (χ2n) is 6.72. The Morgan fingerprint density at radius 1 is 1.19 bits per heavy atom. The van der Waals surface area contributed by atoms with Crippen molar-refractivity contribution in [2.24, 2.45) is 0 Å². The number of hydrogen-bond donors (Lipinski definition) is 3. The summed E-state index contributed by atoms with van der Waals surface area (Å²) in [5.74, 6) is -0.291. The molecule has 0 bridgehead atoms. The van der Waals surface area contributed by atoms with Crippen LogP contribution < -0.4 is 5.32 Å². The normalized spacial score (nSPS) is 11.9. The number of hydrogen-bond acceptors (Lipinski definition) is 6. The van der Waals surface area contributed by atoms with Crippen molar-refractivity contribution < 1.29 is 23.5 Å². The highest BCUT2D eigenvalue weighted by Crippen LogP contribution is 2.35. The van der Waals surface area contributed by atoms with Crippen LogP contribution in [0.5, 0.6) is 0 Å². The molecule has 0 saturated heterocycles. The van der Waals surface area contributed by atoms with Crippen LogP contribution in [0.4, 0.5) is 5.69 Å². The average molecular weight is 472 g/mol. The second kappa shape index (κ2) is 9.37. The summed E-state index contributed by atoms with van der Waals surface area (Å²) in [6, 6.07) is 11.5. The molecule has 1 unspecified atom stereocenters. The summed E-state index contributed by atoms with van der Waals surface area (Å²) in [7, 11) is 0. The third-order valence-electron chi connectivity index (χ3n) is 4.59. The van der Waals surface area contributed by atoms with Crippen molar-refractivity contribution >= 4 is 40.9 Å². The number of H-pyrrole nitrogens is 1. The Bertz CT molecular complexity index is 1180. The summed E-state index contributed by atoms with van der Waals surface area (Å²) < 4.78 is 11.0. The fourth-order valence-corrected chi connectivity index (χ4v) is 4.15. The minimum Gasteiger partial charge on any atom is -0.478 e. The average Bonchev–Trinajstić information content (AvgIpc) is 3.53. The van der Waals surface area contributed by atoms with Crippen molar-refractivity contribution in [1.82, 2.24) is 9.97 Å². The third-order valence-corrected chi connectivity index (χ3v) is 6.16. The molecule has 1 atom stereocenters. The number of halogens is 1. The highest BCUT2D eigenvalue weighted by Gasteiger charge is 2.24. The predicted octanol–water partition coefficient (Wildman–Crippen LogP) is 5.79. The van der Waals surface area contributed by atoms with Gasteiger partial charge < -0.3 is 24.2 Å². The van der Waals surface area contributed by atoms with Crippen LogP contribution in [0.1, 0.15) is 23.7 Å². The van der Waals surface area contributed by atoms with Crippen LogP contribution in [0.15, 0.2) is 69.0 Å². The summed E-state index contributed by atoms with van der Waals surface area (Å²) in [4.78, 5) is 32.0. The molecule has 0 spiro atoms. The van der Waals surface area contributed by atoms with Gasteiger partial charge >= 0.3 is 5.97 Å². The van der Waals surface area contributed by atoms with Crippen LogP contribution in [0, 0.1) is 0 Å². The molecule has 3 aromatic heterocycles. The van der Waals surface area contributed by atoms with E-state index in [0.717, 1.165) is 0 Å². The van der Waals surface area contributed by atoms with Gasteiger partial charge in [-0.3, -0.25) is 4.79 Å². The molecule has 3 heterocycles. The van der Waals surface area contributed by atoms with Crippen LogP contribution >= 0.6 is 23.4 Å². The van der Waals surface area contributed by atoms with Gasteiger partial charge in [-0.25, -0.2) is 9.78 Å². The van der Waals surface area contributed by atoms with E-state index >= 15 is 0 Å². The number of amides is 1. The molecule has 32 heavy (non-hydrogen) atoms. The number of benzene rings is 1. The maximum absolute atomic E-state index is 12.9. The molecule has 0 fully saturated rings. The Morgan fingerprint density at radius 3 is 2.53 bits per heavy atom. The van der Waals surface area contributed by atoms with E-state index in [4.69, 9.17) is 20.4 Å². The molecule has 0 saturated carbocycles. The lowest BCUT2D eigenvalue weighted by molar-refractivity contribution is -0.115. The van der Waals surface area contributed by atoms with Crippen molar-refractivity contribution in [1.29, 1.82) is 0 Å². The van der Waals surface area contributed by atoms with Crippen LogP contribution in [-0.4, -0.2) is 32.2 Å². The van der Waals surface area contributed by atoms with E-state index in [1.807, 2.05) is 6.92 Å². The molecular formula is C22H18ClN3O5S. The zero-order valence-corrected chi connectivity index (χ0v) is 18.4. The van der Waals surface area contributed by atoms with Crippen LogP contribution in [0.2, 0.25) is 5.02 Å². The molecule has 0 aliphatic heterocycles. The first kappa shape index (κ1) is 21.8. The maximum Gasteiger partial charge on any atom is 0.337 e. The van der Waals surface area contributed by atoms with Gasteiger partial charge in [0, 0.05) is 5.69 Å². The number of nitrogens with one attached hydrogen (secondary N) is 2. The number of furan rings is 2. The second-order valence-corrected chi connectivity index (χ2v) is 8.32. The molecule has 1 amide bonds. The van der Waals surface area contributed by atoms with E-state index in [1.165, 1.54) is 23.9 Å². The Labute approximate surface area is 192 Å². The largest absolute Gasteiger partial charge is 0.478 e. The summed E-state index contributed by atoms with van der Waals surface area (Å²) in [5.41, 5.74) is 1.49. The first-order valence-electron chi connectivity index (χ1n) is 9.64. The zero-order valence-electron chi connectivity index (χ0n) is 16.8. The van der Waals surface area contributed by atoms with E-state index < -0.39 is 11.2 Å². The summed E-state index contributed by atoms with van der Waals surface area (Å²) in [5, 5.41) is 12.1. The van der Waals surface area contributed by atoms with E-state index in [2.05, 4.69) is 15.3 Å². The molecule has 1 aromatic carbocycles. The Balaban J connectivity index is 1.56. The highest BCUT2D eigenvalue weighted by molar-refractivity contribution is 8.00. The zero-order chi connectivity index (χ0) is 22.7. The molecule has 3 N–H and O–H groups in total. The van der Waals surface area contributed by atoms with Crippen LogP contribution in [0.25, 0.3) is 22.9 Å². The maximum atomic E-state index is 12.9. The van der Waals surface area contributed by atoms with Gasteiger partial charge in [0.15, 0.2) is 16.7 Å². The Morgan fingerprint density at radius 2 is 1.91 bits per heavy atom. The minimum atomic E-state index is -1.17. The van der Waals surface area contributed by atoms with Gasteiger partial charge in [-0.1, -0.05) is 30.3 Å². The number of aromatic carboxylic acids is 1. The number of carboxylic acid groups (broad SMARTS) is 1. The van der Waals surface area contributed by atoms with Crippen LogP contribution in [-0.2, 0) is 4.79 Å². The fraction of sp³-hybridized carbons (Fsp3) is 0.136. The lowest BCUT2D eigenvalue weighted by atomic mass is 10.2. The smallest absolute Gasteiger partial charge is 0.337 e. The van der Waals surface area contributed by atoms with Gasteiger partial charge in [-0.05, 0) is 48.9 Å². The fourth-order valence-electron chi connectivity index (χ4n) is 3.04. The Kier molecular flexibility index (Phi) is 6.38. The topological polar surface area (TPSA) is 121 Å². The van der Waals surface area contributed by atoms with Crippen molar-refractivity contribution in [2.45, 2.75) is 23.8 Å². The van der Waals surface area contributed by atoms with E-state index in [9.17, 15) is 14.7 Å². The van der Waals surface area contributed by atoms with E-state index in [0.29, 0.717) is 40.2 Å². The van der Waals surface area contributed by atoms with Crippen molar-refractivity contribution in [3.8, 4) is 22.9 Å². The lowest BCUT2D eigenvalue weighted by Gasteiger charge is -2.14. The number of carbonyl (C=O) groups excluding carboxylic acids is 1.